The summed E-state index contributed by atoms with van der Waals surface area (Å²) >= 11 is 0. The zero-order chi connectivity index (χ0) is 41.1. The summed E-state index contributed by atoms with van der Waals surface area (Å²) in [5, 5.41) is 9.19. The van der Waals surface area contributed by atoms with Crippen LogP contribution in [-0.4, -0.2) is 68.8 Å². The molecule has 7 atom stereocenters. The van der Waals surface area contributed by atoms with Crippen LogP contribution in [0.5, 0.6) is 23.0 Å². The molecule has 3 aromatic rings. The fourth-order valence-corrected chi connectivity index (χ4v) is 9.11. The number of carbonyl (C=O) groups is 3. The van der Waals surface area contributed by atoms with Crippen molar-refractivity contribution >= 4 is 24.8 Å². The van der Waals surface area contributed by atoms with Gasteiger partial charge >= 0.3 is 7.12 Å². The van der Waals surface area contributed by atoms with E-state index in [0.29, 0.717) is 46.8 Å². The third-order valence-corrected chi connectivity index (χ3v) is 12.4. The van der Waals surface area contributed by atoms with E-state index >= 15 is 0 Å². The van der Waals surface area contributed by atoms with Gasteiger partial charge < -0.3 is 39.5 Å². The van der Waals surface area contributed by atoms with Crippen LogP contribution in [0.1, 0.15) is 78.9 Å². The molecule has 3 saturated carbocycles. The van der Waals surface area contributed by atoms with E-state index in [1.165, 1.54) is 0 Å². The first-order chi connectivity index (χ1) is 27.1. The molecule has 3 aliphatic carbocycles. The van der Waals surface area contributed by atoms with Crippen molar-refractivity contribution in [3.63, 3.8) is 0 Å². The molecule has 11 nitrogen and oxygen atoms in total. The number of ether oxygens (including phenoxy) is 3. The Bertz CT molecular complexity index is 1890. The van der Waals surface area contributed by atoms with E-state index in [-0.39, 0.29) is 48.0 Å². The molecule has 3 aromatic carbocycles. The van der Waals surface area contributed by atoms with Crippen molar-refractivity contribution in [2.75, 3.05) is 14.2 Å². The lowest BCUT2D eigenvalue weighted by atomic mass is 9.43. The van der Waals surface area contributed by atoms with Gasteiger partial charge in [0.05, 0.1) is 38.3 Å². The minimum Gasteiger partial charge on any atom is -0.493 e. The van der Waals surface area contributed by atoms with Crippen LogP contribution in [0.25, 0.3) is 0 Å². The minimum absolute atomic E-state index is 0.00672. The van der Waals surface area contributed by atoms with Gasteiger partial charge in [-0.05, 0) is 103 Å². The van der Waals surface area contributed by atoms with Crippen LogP contribution < -0.4 is 30.2 Å². The third kappa shape index (κ3) is 9.44. The molecule has 4 fully saturated rings. The first-order valence-electron chi connectivity index (χ1n) is 20.4. The molecule has 1 heterocycles. The number of methoxy groups -OCH3 is 2. The lowest BCUT2D eigenvalue weighted by Crippen LogP contribution is -2.65. The van der Waals surface area contributed by atoms with Gasteiger partial charge in [-0.25, -0.2) is 0 Å². The first-order valence-corrected chi connectivity index (χ1v) is 20.4. The van der Waals surface area contributed by atoms with Gasteiger partial charge in [0, 0.05) is 6.42 Å². The Morgan fingerprint density at radius 1 is 0.807 bits per heavy atom. The predicted octanol–water partition coefficient (Wildman–Crippen LogP) is 6.71. The van der Waals surface area contributed by atoms with Crippen molar-refractivity contribution in [1.29, 1.82) is 0 Å². The molecule has 57 heavy (non-hydrogen) atoms. The van der Waals surface area contributed by atoms with Gasteiger partial charge in [-0.3, -0.25) is 14.4 Å². The number of amides is 3. The van der Waals surface area contributed by atoms with Crippen molar-refractivity contribution < 1.29 is 37.9 Å². The van der Waals surface area contributed by atoms with Gasteiger partial charge in [0.2, 0.25) is 17.7 Å². The predicted molar refractivity (Wildman–Crippen MR) is 220 cm³/mol. The second-order valence-corrected chi connectivity index (χ2v) is 17.6. The molecule has 3 N–H and O–H groups in total. The molecule has 306 valence electrons. The Kier molecular flexibility index (Phi) is 12.9. The Morgan fingerprint density at radius 2 is 1.53 bits per heavy atom. The van der Waals surface area contributed by atoms with E-state index in [0.717, 1.165) is 18.4 Å². The number of rotatable bonds is 17. The quantitative estimate of drug-likeness (QED) is 0.129. The highest BCUT2D eigenvalue weighted by Gasteiger charge is 2.68. The summed E-state index contributed by atoms with van der Waals surface area (Å²) in [4.78, 5) is 42.2. The smallest absolute Gasteiger partial charge is 0.481 e. The Morgan fingerprint density at radius 3 is 2.19 bits per heavy atom. The topological polar surface area (TPSA) is 133 Å². The highest BCUT2D eigenvalue weighted by Crippen LogP contribution is 2.65. The van der Waals surface area contributed by atoms with E-state index in [4.69, 9.17) is 23.5 Å². The standard InChI is InChI=1S/C45H60BN3O8/c1-27(2)20-39(46-56-38-26-31-25-37(44(31,5)6)45(38,7)57-46)48-43(52)41(28(3)4)49-42(51)34(22-30-18-19-35(53-8)36(23-30)54-9)47-40(50)24-29-14-13-17-33(21-29)55-32-15-11-10-12-16-32/h10-19,21,23,27-28,31,34,37-39,41H,20,22,24-26H2,1-9H3,(H,47,50)(H,48,52)(H,49,51)/t31-,34?,37-,38+,39-,41?,45-/m0/s1. The second kappa shape index (κ2) is 17.5. The molecule has 12 heteroatoms. The molecule has 0 radical (unpaired) electrons. The number of carbonyl (C=O) groups excluding carboxylic acids is 3. The fourth-order valence-electron chi connectivity index (χ4n) is 9.11. The Labute approximate surface area is 338 Å². The molecule has 4 aliphatic rings. The van der Waals surface area contributed by atoms with Crippen molar-refractivity contribution in [3.8, 4) is 23.0 Å². The summed E-state index contributed by atoms with van der Waals surface area (Å²) < 4.78 is 30.3. The zero-order valence-electron chi connectivity index (χ0n) is 34.9. The molecule has 0 aromatic heterocycles. The normalized spacial score (nSPS) is 23.4. The van der Waals surface area contributed by atoms with Gasteiger partial charge in [-0.15, -0.1) is 0 Å². The van der Waals surface area contributed by atoms with Gasteiger partial charge in [-0.1, -0.05) is 77.9 Å². The Balaban J connectivity index is 1.17. The summed E-state index contributed by atoms with van der Waals surface area (Å²) in [7, 11) is 2.50. The highest BCUT2D eigenvalue weighted by molar-refractivity contribution is 6.48. The minimum atomic E-state index is -1.01. The van der Waals surface area contributed by atoms with E-state index in [9.17, 15) is 14.4 Å². The van der Waals surface area contributed by atoms with E-state index < -0.39 is 36.7 Å². The summed E-state index contributed by atoms with van der Waals surface area (Å²) in [6, 6.07) is 20.2. The first kappa shape index (κ1) is 42.1. The largest absolute Gasteiger partial charge is 0.493 e. The van der Waals surface area contributed by atoms with Gasteiger partial charge in [-0.2, -0.15) is 0 Å². The van der Waals surface area contributed by atoms with Crippen molar-refractivity contribution in [2.45, 2.75) is 110 Å². The average molecular weight is 782 g/mol. The van der Waals surface area contributed by atoms with Gasteiger partial charge in [0.25, 0.3) is 0 Å². The molecule has 2 bridgehead atoms. The summed E-state index contributed by atoms with van der Waals surface area (Å²) in [6.45, 7) is 14.8. The van der Waals surface area contributed by atoms with E-state index in [1.807, 2.05) is 68.4 Å². The summed E-state index contributed by atoms with van der Waals surface area (Å²) in [5.41, 5.74) is 1.23. The monoisotopic (exact) mass is 781 g/mol. The maximum Gasteiger partial charge on any atom is 0.481 e. The molecule has 0 spiro atoms. The molecule has 7 rings (SSSR count). The van der Waals surface area contributed by atoms with Crippen LogP contribution >= 0.6 is 0 Å². The van der Waals surface area contributed by atoms with Crippen LogP contribution in [0.4, 0.5) is 0 Å². The molecule has 1 saturated heterocycles. The number of hydrogen-bond acceptors (Lipinski definition) is 8. The lowest BCUT2D eigenvalue weighted by molar-refractivity contribution is -0.199. The third-order valence-electron chi connectivity index (χ3n) is 12.4. The number of para-hydroxylation sites is 1. The number of hydrogen-bond donors (Lipinski definition) is 3. The molecule has 2 unspecified atom stereocenters. The Hall–Kier alpha value is -4.55. The van der Waals surface area contributed by atoms with Gasteiger partial charge in [0.15, 0.2) is 11.5 Å². The SMILES string of the molecule is COc1ccc(CC(NC(=O)Cc2cccc(Oc3ccccc3)c2)C(=O)NC(C(=O)N[C@@H](CC(C)C)B2O[C@@H]3C[C@@H]4C[C@@H](C4(C)C)[C@]3(C)O2)C(C)C)cc1OC. The maximum atomic E-state index is 14.3. The fraction of sp³-hybridized carbons (Fsp3) is 0.533. The van der Waals surface area contributed by atoms with Crippen LogP contribution in [0.15, 0.2) is 72.8 Å². The molecular weight excluding hydrogens is 721 g/mol. The van der Waals surface area contributed by atoms with Crippen LogP contribution in [0, 0.1) is 29.1 Å². The second-order valence-electron chi connectivity index (χ2n) is 17.6. The van der Waals surface area contributed by atoms with Gasteiger partial charge in [0.1, 0.15) is 23.6 Å². The average Bonchev–Trinajstić information content (AvgIpc) is 3.53. The lowest BCUT2D eigenvalue weighted by Gasteiger charge is -2.64. The highest BCUT2D eigenvalue weighted by atomic mass is 16.7. The van der Waals surface area contributed by atoms with Crippen LogP contribution in [-0.2, 0) is 36.5 Å². The molecule has 3 amide bonds. The number of benzene rings is 3. The summed E-state index contributed by atoms with van der Waals surface area (Å²) in [5.74, 6) is 1.71. The van der Waals surface area contributed by atoms with E-state index in [1.54, 1.807) is 32.4 Å². The maximum absolute atomic E-state index is 14.3. The molecular formula is C45H60BN3O8. The van der Waals surface area contributed by atoms with Crippen LogP contribution in [0.2, 0.25) is 0 Å². The number of nitrogens with one attached hydrogen (secondary N) is 3. The van der Waals surface area contributed by atoms with E-state index in [2.05, 4.69) is 50.6 Å². The molecule has 1 aliphatic heterocycles. The van der Waals surface area contributed by atoms with Crippen molar-refractivity contribution in [1.82, 2.24) is 16.0 Å². The zero-order valence-corrected chi connectivity index (χ0v) is 34.9. The van der Waals surface area contributed by atoms with Crippen molar-refractivity contribution in [2.24, 2.45) is 29.1 Å². The van der Waals surface area contributed by atoms with Crippen molar-refractivity contribution in [3.05, 3.63) is 83.9 Å². The van der Waals surface area contributed by atoms with Crippen LogP contribution in [0.3, 0.4) is 0 Å². The summed E-state index contributed by atoms with van der Waals surface area (Å²) in [6.07, 6.45) is 2.85.